The Kier molecular flexibility index (Phi) is 4.07. The van der Waals surface area contributed by atoms with Crippen LogP contribution in [0.15, 0.2) is 18.3 Å². The fraction of sp³-hybridized carbons (Fsp3) is 0.526. The van der Waals surface area contributed by atoms with E-state index in [4.69, 9.17) is 10.7 Å². The molecule has 1 fully saturated rings. The van der Waals surface area contributed by atoms with Crippen molar-refractivity contribution in [3.8, 4) is 0 Å². The Bertz CT molecular complexity index is 911. The van der Waals surface area contributed by atoms with Crippen LogP contribution in [-0.2, 0) is 13.0 Å². The molecule has 1 aliphatic carbocycles. The van der Waals surface area contributed by atoms with Gasteiger partial charge in [0, 0.05) is 12.6 Å². The topological polar surface area (TPSA) is 89.9 Å². The molecule has 0 saturated heterocycles. The minimum Gasteiger partial charge on any atom is -0.388 e. The lowest BCUT2D eigenvalue weighted by Crippen LogP contribution is -2.36. The van der Waals surface area contributed by atoms with Crippen LogP contribution in [0.1, 0.15) is 51.3 Å². The standard InChI is InChI=1S/C19H25N5O/c1-2-7-14-23-16-17(15-13(22-18(16)20)8-6-11-21-15)24(14)12-19(25)9-4-3-5-10-19/h6,8,11,25H,2-5,7,9-10,12H2,1H3,(H2,20,22). The smallest absolute Gasteiger partial charge is 0.152 e. The molecule has 25 heavy (non-hydrogen) atoms. The van der Waals surface area contributed by atoms with E-state index in [2.05, 4.69) is 21.5 Å². The molecule has 1 aliphatic rings. The molecule has 3 N–H and O–H groups in total. The van der Waals surface area contributed by atoms with Gasteiger partial charge in [0.15, 0.2) is 5.82 Å². The van der Waals surface area contributed by atoms with Gasteiger partial charge in [-0.2, -0.15) is 0 Å². The highest BCUT2D eigenvalue weighted by atomic mass is 16.3. The van der Waals surface area contributed by atoms with E-state index in [9.17, 15) is 5.11 Å². The zero-order chi connectivity index (χ0) is 17.4. The van der Waals surface area contributed by atoms with Crippen LogP contribution in [0.4, 0.5) is 5.82 Å². The minimum absolute atomic E-state index is 0.433. The molecule has 0 aliphatic heterocycles. The van der Waals surface area contributed by atoms with Gasteiger partial charge in [-0.1, -0.05) is 26.2 Å². The summed E-state index contributed by atoms with van der Waals surface area (Å²) in [5.74, 6) is 1.39. The highest BCUT2D eigenvalue weighted by Crippen LogP contribution is 2.34. The van der Waals surface area contributed by atoms with Crippen molar-refractivity contribution in [2.24, 2.45) is 0 Å². The zero-order valence-electron chi connectivity index (χ0n) is 14.7. The predicted octanol–water partition coefficient (Wildman–Crippen LogP) is 3.21. The Morgan fingerprint density at radius 2 is 2.00 bits per heavy atom. The van der Waals surface area contributed by atoms with Crippen molar-refractivity contribution in [3.63, 3.8) is 0 Å². The zero-order valence-corrected chi connectivity index (χ0v) is 14.7. The average Bonchev–Trinajstić information content (AvgIpc) is 2.95. The SMILES string of the molecule is CCCc1nc2c(N)nc3cccnc3c2n1CC1(O)CCCCC1. The van der Waals surface area contributed by atoms with Gasteiger partial charge >= 0.3 is 0 Å². The van der Waals surface area contributed by atoms with E-state index in [1.807, 2.05) is 12.1 Å². The first-order chi connectivity index (χ1) is 12.1. The molecule has 0 atom stereocenters. The molecule has 6 nitrogen and oxygen atoms in total. The first-order valence-corrected chi connectivity index (χ1v) is 9.23. The van der Waals surface area contributed by atoms with Crippen molar-refractivity contribution < 1.29 is 5.11 Å². The number of nitrogen functional groups attached to an aromatic ring is 1. The number of aryl methyl sites for hydroxylation is 1. The summed E-state index contributed by atoms with van der Waals surface area (Å²) in [6, 6.07) is 3.78. The second-order valence-electron chi connectivity index (χ2n) is 7.21. The van der Waals surface area contributed by atoms with Crippen molar-refractivity contribution in [3.05, 3.63) is 24.2 Å². The number of anilines is 1. The summed E-state index contributed by atoms with van der Waals surface area (Å²) in [5, 5.41) is 11.1. The lowest BCUT2D eigenvalue weighted by molar-refractivity contribution is -0.0111. The van der Waals surface area contributed by atoms with Crippen molar-refractivity contribution in [1.29, 1.82) is 0 Å². The molecule has 1 saturated carbocycles. The number of hydrogen-bond donors (Lipinski definition) is 2. The van der Waals surface area contributed by atoms with E-state index >= 15 is 0 Å². The molecule has 6 heteroatoms. The van der Waals surface area contributed by atoms with Crippen LogP contribution >= 0.6 is 0 Å². The van der Waals surface area contributed by atoms with Crippen LogP contribution in [0, 0.1) is 0 Å². The molecule has 3 aromatic rings. The third kappa shape index (κ3) is 2.84. The molecule has 0 unspecified atom stereocenters. The molecule has 3 heterocycles. The number of imidazole rings is 1. The number of aromatic nitrogens is 4. The number of nitrogens with two attached hydrogens (primary N) is 1. The summed E-state index contributed by atoms with van der Waals surface area (Å²) in [7, 11) is 0. The quantitative estimate of drug-likeness (QED) is 0.762. The molecule has 0 radical (unpaired) electrons. The maximum absolute atomic E-state index is 11.1. The number of nitrogens with zero attached hydrogens (tertiary/aromatic N) is 4. The molecule has 0 aromatic carbocycles. The van der Waals surface area contributed by atoms with Gasteiger partial charge in [0.2, 0.25) is 0 Å². The third-order valence-corrected chi connectivity index (χ3v) is 5.25. The summed E-state index contributed by atoms with van der Waals surface area (Å²) in [4.78, 5) is 13.8. The van der Waals surface area contributed by atoms with Gasteiger partial charge in [-0.25, -0.2) is 9.97 Å². The van der Waals surface area contributed by atoms with Crippen molar-refractivity contribution in [1.82, 2.24) is 19.5 Å². The van der Waals surface area contributed by atoms with Crippen LogP contribution in [0.25, 0.3) is 22.1 Å². The van der Waals surface area contributed by atoms with Gasteiger partial charge in [0.25, 0.3) is 0 Å². The van der Waals surface area contributed by atoms with E-state index < -0.39 is 5.60 Å². The second kappa shape index (κ2) is 6.26. The third-order valence-electron chi connectivity index (χ3n) is 5.25. The first kappa shape index (κ1) is 16.3. The maximum Gasteiger partial charge on any atom is 0.152 e. The van der Waals surface area contributed by atoms with Crippen LogP contribution in [0.3, 0.4) is 0 Å². The van der Waals surface area contributed by atoms with E-state index in [0.717, 1.165) is 60.9 Å². The van der Waals surface area contributed by atoms with Crippen molar-refractivity contribution in [2.75, 3.05) is 5.73 Å². The molecular weight excluding hydrogens is 314 g/mol. The number of aliphatic hydroxyl groups is 1. The monoisotopic (exact) mass is 339 g/mol. The largest absolute Gasteiger partial charge is 0.388 e. The summed E-state index contributed by atoms with van der Waals surface area (Å²) in [6.45, 7) is 2.69. The van der Waals surface area contributed by atoms with E-state index in [-0.39, 0.29) is 0 Å². The number of fused-ring (bicyclic) bond motifs is 3. The Hall–Kier alpha value is -2.21. The van der Waals surface area contributed by atoms with Crippen LogP contribution < -0.4 is 5.73 Å². The van der Waals surface area contributed by atoms with Gasteiger partial charge in [0.1, 0.15) is 22.4 Å². The average molecular weight is 339 g/mol. The molecule has 0 spiro atoms. The van der Waals surface area contributed by atoms with E-state index in [0.29, 0.717) is 17.9 Å². The van der Waals surface area contributed by atoms with E-state index in [1.165, 1.54) is 6.42 Å². The molecule has 0 amide bonds. The summed E-state index contributed by atoms with van der Waals surface area (Å²) in [5.41, 5.74) is 8.70. The van der Waals surface area contributed by atoms with Gasteiger partial charge in [-0.15, -0.1) is 0 Å². The number of hydrogen-bond acceptors (Lipinski definition) is 5. The predicted molar refractivity (Wildman–Crippen MR) is 99.3 cm³/mol. The van der Waals surface area contributed by atoms with Crippen LogP contribution in [0.2, 0.25) is 0 Å². The first-order valence-electron chi connectivity index (χ1n) is 9.23. The number of rotatable bonds is 4. The number of pyridine rings is 2. The molecule has 4 rings (SSSR count). The highest BCUT2D eigenvalue weighted by Gasteiger charge is 2.31. The summed E-state index contributed by atoms with van der Waals surface area (Å²) in [6.07, 6.45) is 8.64. The Morgan fingerprint density at radius 3 is 2.76 bits per heavy atom. The maximum atomic E-state index is 11.1. The fourth-order valence-corrected chi connectivity index (χ4v) is 4.02. The molecular formula is C19H25N5O. The molecule has 132 valence electrons. The second-order valence-corrected chi connectivity index (χ2v) is 7.21. The summed E-state index contributed by atoms with van der Waals surface area (Å²) >= 11 is 0. The Labute approximate surface area is 147 Å². The normalized spacial score (nSPS) is 17.4. The summed E-state index contributed by atoms with van der Waals surface area (Å²) < 4.78 is 2.15. The minimum atomic E-state index is -0.673. The molecule has 0 bridgehead atoms. The van der Waals surface area contributed by atoms with E-state index in [1.54, 1.807) is 6.20 Å². The van der Waals surface area contributed by atoms with Crippen molar-refractivity contribution >= 4 is 27.9 Å². The lowest BCUT2D eigenvalue weighted by Gasteiger charge is -2.33. The van der Waals surface area contributed by atoms with Gasteiger partial charge in [-0.05, 0) is 31.4 Å². The lowest BCUT2D eigenvalue weighted by atomic mass is 9.84. The van der Waals surface area contributed by atoms with Gasteiger partial charge < -0.3 is 15.4 Å². The fourth-order valence-electron chi connectivity index (χ4n) is 4.02. The van der Waals surface area contributed by atoms with Crippen molar-refractivity contribution in [2.45, 2.75) is 64.0 Å². The van der Waals surface area contributed by atoms with Gasteiger partial charge in [0.05, 0.1) is 17.7 Å². The molecule has 3 aromatic heterocycles. The Morgan fingerprint density at radius 1 is 1.20 bits per heavy atom. The highest BCUT2D eigenvalue weighted by molar-refractivity contribution is 6.04. The van der Waals surface area contributed by atoms with Gasteiger partial charge in [-0.3, -0.25) is 4.98 Å². The Balaban J connectivity index is 1.94. The van der Waals surface area contributed by atoms with Crippen LogP contribution in [0.5, 0.6) is 0 Å². The van der Waals surface area contributed by atoms with Crippen LogP contribution in [-0.4, -0.2) is 30.2 Å².